The van der Waals surface area contributed by atoms with E-state index in [1.165, 1.54) is 25.3 Å². The Labute approximate surface area is 188 Å². The summed E-state index contributed by atoms with van der Waals surface area (Å²) in [5.41, 5.74) is 7.69. The first-order valence-electron chi connectivity index (χ1n) is 9.51. The van der Waals surface area contributed by atoms with Crippen molar-refractivity contribution in [3.63, 3.8) is 0 Å². The summed E-state index contributed by atoms with van der Waals surface area (Å²) in [6.07, 6.45) is 2.67. The molecular formula is C20H22InN3O6S. The van der Waals surface area contributed by atoms with Crippen LogP contribution in [0, 0.1) is 6.92 Å². The van der Waals surface area contributed by atoms with Crippen molar-refractivity contribution in [1.82, 2.24) is 4.72 Å². The van der Waals surface area contributed by atoms with Gasteiger partial charge in [0.1, 0.15) is 0 Å². The number of carbonyl (C=O) groups is 2. The number of methoxy groups -OCH3 is 1. The van der Waals surface area contributed by atoms with Crippen LogP contribution in [0.2, 0.25) is 0 Å². The molecule has 1 atom stereocenters. The third kappa shape index (κ3) is 5.86. The normalized spacial score (nSPS) is 15.6. The predicted octanol–water partition coefficient (Wildman–Crippen LogP) is 1.25. The molecule has 11 heteroatoms. The molecule has 1 unspecified atom stereocenters. The molecule has 0 bridgehead atoms. The second-order valence-electron chi connectivity index (χ2n) is 7.10. The van der Waals surface area contributed by atoms with Crippen molar-refractivity contribution in [2.75, 3.05) is 7.11 Å². The summed E-state index contributed by atoms with van der Waals surface area (Å²) in [6.45, 7) is 1.66. The quantitative estimate of drug-likeness (QED) is 0.533. The summed E-state index contributed by atoms with van der Waals surface area (Å²) in [7, 11) is -3.21. The molecule has 1 aliphatic rings. The van der Waals surface area contributed by atoms with Gasteiger partial charge in [-0.3, -0.25) is 0 Å². The van der Waals surface area contributed by atoms with Crippen LogP contribution in [0.5, 0.6) is 5.75 Å². The van der Waals surface area contributed by atoms with Gasteiger partial charge in [0.05, 0.1) is 0 Å². The Balaban J connectivity index is 1.71. The number of hydrogen-bond acceptors (Lipinski definition) is 8. The third-order valence-electron chi connectivity index (χ3n) is 4.91. The molecule has 1 amide bonds. The van der Waals surface area contributed by atoms with E-state index < -0.39 is 43.9 Å². The Bertz CT molecular complexity index is 1140. The average molecular weight is 547 g/mol. The van der Waals surface area contributed by atoms with E-state index in [-0.39, 0.29) is 14.9 Å². The second-order valence-corrected chi connectivity index (χ2v) is 16.1. The molecule has 162 valence electrons. The van der Waals surface area contributed by atoms with Crippen molar-refractivity contribution in [3.05, 3.63) is 64.7 Å². The molecular weight excluding hydrogens is 525 g/mol. The van der Waals surface area contributed by atoms with Crippen LogP contribution in [0.4, 0.5) is 0 Å². The zero-order valence-corrected chi connectivity index (χ0v) is 21.2. The summed E-state index contributed by atoms with van der Waals surface area (Å²) in [5, 5.41) is 0. The van der Waals surface area contributed by atoms with Crippen LogP contribution in [-0.4, -0.2) is 59.1 Å². The van der Waals surface area contributed by atoms with E-state index in [9.17, 15) is 18.0 Å². The number of ether oxygens (including phenoxy) is 1. The molecule has 0 aliphatic carbocycles. The number of nitrogens with zero attached hydrogens (tertiary/aromatic N) is 1. The molecule has 0 radical (unpaired) electrons. The van der Waals surface area contributed by atoms with E-state index >= 15 is 0 Å². The Morgan fingerprint density at radius 3 is 2.65 bits per heavy atom. The molecule has 0 aromatic heterocycles. The van der Waals surface area contributed by atoms with Gasteiger partial charge in [-0.2, -0.15) is 0 Å². The SMILES string of the molecule is COc1cc(C(=O)OS(=O)(=O)NC(=O)c2ccccc2C)ccc1[CH2][In]1[N]=CC[CH]1N. The van der Waals surface area contributed by atoms with Gasteiger partial charge in [0, 0.05) is 0 Å². The minimum atomic E-state index is -4.66. The first-order valence-corrected chi connectivity index (χ1v) is 16.6. The zero-order valence-electron chi connectivity index (χ0n) is 17.1. The summed E-state index contributed by atoms with van der Waals surface area (Å²) >= 11 is -2.31. The topological polar surface area (TPSA) is 137 Å². The van der Waals surface area contributed by atoms with Crippen molar-refractivity contribution >= 4 is 50.1 Å². The van der Waals surface area contributed by atoms with Crippen molar-refractivity contribution in [2.45, 2.75) is 21.3 Å². The zero-order chi connectivity index (χ0) is 22.6. The number of benzene rings is 2. The van der Waals surface area contributed by atoms with Gasteiger partial charge in [0.2, 0.25) is 0 Å². The molecule has 1 heterocycles. The first-order chi connectivity index (χ1) is 14.7. The molecule has 9 nitrogen and oxygen atoms in total. The Kier molecular flexibility index (Phi) is 7.39. The number of aryl methyl sites for hydroxylation is 1. The number of carbonyl (C=O) groups excluding carboxylic acids is 2. The second kappa shape index (κ2) is 9.84. The summed E-state index contributed by atoms with van der Waals surface area (Å²) < 4.78 is 41.4. The molecule has 3 rings (SSSR count). The standard InChI is InChI=1S/C17H16NO6S.C3H6N2.In/c1-11-6-4-5-7-14(11)16(19)18-25(21,22)24-17(20)13-9-8-12(2)15(10-13)23-3;4-2-1-3-5;/h4-10H,2H2,1,3H3,(H,18,19);2-3H,1,4H2;/q;-1;+1. The van der Waals surface area contributed by atoms with Gasteiger partial charge in [0.25, 0.3) is 0 Å². The van der Waals surface area contributed by atoms with Crippen LogP contribution in [0.3, 0.4) is 0 Å². The van der Waals surface area contributed by atoms with Crippen molar-refractivity contribution in [2.24, 2.45) is 8.71 Å². The van der Waals surface area contributed by atoms with Crippen LogP contribution >= 0.6 is 0 Å². The fraction of sp³-hybridized carbons (Fsp3) is 0.250. The molecule has 31 heavy (non-hydrogen) atoms. The molecule has 0 fully saturated rings. The van der Waals surface area contributed by atoms with Crippen LogP contribution in [0.25, 0.3) is 0 Å². The molecule has 0 saturated heterocycles. The average Bonchev–Trinajstić information content (AvgIpc) is 3.12. The van der Waals surface area contributed by atoms with Crippen LogP contribution < -0.4 is 15.2 Å². The Morgan fingerprint density at radius 1 is 1.26 bits per heavy atom. The van der Waals surface area contributed by atoms with E-state index in [1.54, 1.807) is 35.9 Å². The van der Waals surface area contributed by atoms with Gasteiger partial charge in [0.15, 0.2) is 0 Å². The van der Waals surface area contributed by atoms with Gasteiger partial charge in [-0.05, 0) is 6.92 Å². The summed E-state index contributed by atoms with van der Waals surface area (Å²) in [6, 6.07) is 11.0. The van der Waals surface area contributed by atoms with Crippen LogP contribution in [0.1, 0.15) is 38.3 Å². The summed E-state index contributed by atoms with van der Waals surface area (Å²) in [4.78, 5) is 24.6. The van der Waals surface area contributed by atoms with E-state index in [2.05, 4.69) is 7.16 Å². The fourth-order valence-corrected chi connectivity index (χ4v) is 10.3. The maximum absolute atomic E-state index is 12.4. The fourth-order valence-electron chi connectivity index (χ4n) is 3.22. The molecule has 0 saturated carbocycles. The molecule has 2 aromatic rings. The Hall–Kier alpha value is -2.37. The molecule has 2 aromatic carbocycles. The third-order valence-corrected chi connectivity index (χ3v) is 13.5. The number of hydrogen-bond donors (Lipinski definition) is 2. The van der Waals surface area contributed by atoms with Gasteiger partial charge >= 0.3 is 164 Å². The first kappa shape index (κ1) is 23.3. The van der Waals surface area contributed by atoms with E-state index in [4.69, 9.17) is 10.5 Å². The molecule has 1 aliphatic heterocycles. The number of nitrogens with two attached hydrogens (primary N) is 1. The van der Waals surface area contributed by atoms with Crippen molar-refractivity contribution < 1.29 is 26.9 Å². The van der Waals surface area contributed by atoms with Crippen molar-refractivity contribution in [3.8, 4) is 5.75 Å². The molecule has 0 spiro atoms. The van der Waals surface area contributed by atoms with Gasteiger partial charge in [-0.25, -0.2) is 0 Å². The Morgan fingerprint density at radius 2 is 2.00 bits per heavy atom. The van der Waals surface area contributed by atoms with E-state index in [0.717, 1.165) is 16.2 Å². The predicted molar refractivity (Wildman–Crippen MR) is 117 cm³/mol. The number of nitrogens with one attached hydrogen (secondary N) is 1. The van der Waals surface area contributed by atoms with Gasteiger partial charge in [-0.1, -0.05) is 18.2 Å². The van der Waals surface area contributed by atoms with Gasteiger partial charge in [-0.15, -0.1) is 0 Å². The van der Waals surface area contributed by atoms with Crippen LogP contribution in [0.15, 0.2) is 45.4 Å². The maximum atomic E-state index is 12.4. The van der Waals surface area contributed by atoms with E-state index in [0.29, 0.717) is 11.3 Å². The van der Waals surface area contributed by atoms with Crippen molar-refractivity contribution in [1.29, 1.82) is 0 Å². The minimum absolute atomic E-state index is 0.0243. The monoisotopic (exact) mass is 547 g/mol. The summed E-state index contributed by atoms with van der Waals surface area (Å²) in [5.74, 6) is -1.59. The van der Waals surface area contributed by atoms with Crippen LogP contribution in [-0.2, 0) is 18.7 Å². The van der Waals surface area contributed by atoms with E-state index in [1.807, 2.05) is 6.21 Å². The number of rotatable bonds is 7. The molecule has 3 N–H and O–H groups in total. The van der Waals surface area contributed by atoms with Gasteiger partial charge < -0.3 is 0 Å². The number of amides is 1.